The molecule has 2 aliphatic rings. The summed E-state index contributed by atoms with van der Waals surface area (Å²) in [6.45, 7) is 4.26. The van der Waals surface area contributed by atoms with Gasteiger partial charge in [0.25, 0.3) is 5.91 Å². The van der Waals surface area contributed by atoms with E-state index >= 15 is 0 Å². The summed E-state index contributed by atoms with van der Waals surface area (Å²) >= 11 is 0. The van der Waals surface area contributed by atoms with Crippen LogP contribution in [0.2, 0.25) is 0 Å². The largest absolute Gasteiger partial charge is 0.352 e. The van der Waals surface area contributed by atoms with Crippen LogP contribution in [0.1, 0.15) is 34.3 Å². The van der Waals surface area contributed by atoms with E-state index in [-0.39, 0.29) is 5.91 Å². The van der Waals surface area contributed by atoms with E-state index in [2.05, 4.69) is 36.6 Å². The second kappa shape index (κ2) is 6.70. The van der Waals surface area contributed by atoms with Crippen LogP contribution in [0, 0.1) is 6.92 Å². The molecule has 1 aromatic carbocycles. The molecule has 1 amide bonds. The van der Waals surface area contributed by atoms with E-state index < -0.39 is 0 Å². The molecule has 0 spiro atoms. The average Bonchev–Trinajstić information content (AvgIpc) is 3.38. The third-order valence-corrected chi connectivity index (χ3v) is 5.67. The van der Waals surface area contributed by atoms with Crippen LogP contribution in [0.25, 0.3) is 11.4 Å². The highest BCUT2D eigenvalue weighted by atomic mass is 16.2. The molecule has 3 aromatic rings. The van der Waals surface area contributed by atoms with Crippen molar-refractivity contribution in [1.82, 2.24) is 30.5 Å². The standard InChI is InChI=1S/C20H21N7O/c1-13-6-7-14(10-17(13)18-22-24-25-23-18)20(28)26-11-15-4-2-8-21-19(15)27-9-3-5-16(27)12-26/h2,4,6-8,10,16H,3,5,9,11-12H2,1H3,(H,22,23,24,25)/t16-/m0/s1. The van der Waals surface area contributed by atoms with Gasteiger partial charge in [-0.05, 0) is 48.7 Å². The van der Waals surface area contributed by atoms with Crippen LogP contribution in [-0.4, -0.2) is 55.5 Å². The van der Waals surface area contributed by atoms with Gasteiger partial charge in [-0.3, -0.25) is 4.79 Å². The van der Waals surface area contributed by atoms with Gasteiger partial charge in [-0.1, -0.05) is 12.1 Å². The van der Waals surface area contributed by atoms with E-state index in [1.807, 2.05) is 42.3 Å². The van der Waals surface area contributed by atoms with Crippen molar-refractivity contribution in [2.45, 2.75) is 32.4 Å². The predicted octanol–water partition coefficient (Wildman–Crippen LogP) is 2.19. The van der Waals surface area contributed by atoms with Crippen molar-refractivity contribution in [1.29, 1.82) is 0 Å². The summed E-state index contributed by atoms with van der Waals surface area (Å²) in [5.74, 6) is 1.55. The molecule has 8 nitrogen and oxygen atoms in total. The first-order valence-electron chi connectivity index (χ1n) is 9.55. The highest BCUT2D eigenvalue weighted by Crippen LogP contribution is 2.32. The van der Waals surface area contributed by atoms with E-state index in [4.69, 9.17) is 0 Å². The van der Waals surface area contributed by atoms with Gasteiger partial charge in [-0.2, -0.15) is 5.21 Å². The van der Waals surface area contributed by atoms with E-state index in [1.165, 1.54) is 0 Å². The number of rotatable bonds is 2. The lowest BCUT2D eigenvalue weighted by Gasteiger charge is -2.27. The third-order valence-electron chi connectivity index (χ3n) is 5.67. The quantitative estimate of drug-likeness (QED) is 0.738. The Morgan fingerprint density at radius 1 is 1.29 bits per heavy atom. The van der Waals surface area contributed by atoms with Crippen molar-refractivity contribution in [3.63, 3.8) is 0 Å². The fraction of sp³-hybridized carbons (Fsp3) is 0.350. The SMILES string of the molecule is Cc1ccc(C(=O)N2Cc3cccnc3N3CCC[C@H]3C2)cc1-c1nn[nH]n1. The number of aromatic amines is 1. The van der Waals surface area contributed by atoms with Gasteiger partial charge in [0.05, 0.1) is 0 Å². The zero-order valence-electron chi connectivity index (χ0n) is 15.7. The highest BCUT2D eigenvalue weighted by molar-refractivity contribution is 5.95. The number of carbonyl (C=O) groups is 1. The van der Waals surface area contributed by atoms with Gasteiger partial charge in [0, 0.05) is 48.6 Å². The Balaban J connectivity index is 1.50. The molecule has 5 rings (SSSR count). The summed E-state index contributed by atoms with van der Waals surface area (Å²) in [5, 5.41) is 14.2. The van der Waals surface area contributed by atoms with Crippen LogP contribution in [0.5, 0.6) is 0 Å². The normalized spacial score (nSPS) is 18.5. The van der Waals surface area contributed by atoms with Crippen LogP contribution < -0.4 is 4.90 Å². The van der Waals surface area contributed by atoms with Gasteiger partial charge in [0.1, 0.15) is 5.82 Å². The fourth-order valence-corrected chi connectivity index (χ4v) is 4.25. The Hall–Kier alpha value is -3.29. The molecule has 1 saturated heterocycles. The molecular formula is C20H21N7O. The minimum Gasteiger partial charge on any atom is -0.352 e. The van der Waals surface area contributed by atoms with Crippen LogP contribution in [0.4, 0.5) is 5.82 Å². The second-order valence-corrected chi connectivity index (χ2v) is 7.43. The molecule has 142 valence electrons. The Labute approximate surface area is 162 Å². The maximum absolute atomic E-state index is 13.4. The van der Waals surface area contributed by atoms with Crippen molar-refractivity contribution in [3.05, 3.63) is 53.2 Å². The highest BCUT2D eigenvalue weighted by Gasteiger charge is 2.34. The van der Waals surface area contributed by atoms with Gasteiger partial charge in [0.2, 0.25) is 5.82 Å². The third kappa shape index (κ3) is 2.81. The molecule has 2 aromatic heterocycles. The lowest BCUT2D eigenvalue weighted by molar-refractivity contribution is 0.0738. The number of hydrogen-bond acceptors (Lipinski definition) is 6. The monoisotopic (exact) mass is 375 g/mol. The average molecular weight is 375 g/mol. The summed E-state index contributed by atoms with van der Waals surface area (Å²) in [6.07, 6.45) is 4.06. The first kappa shape index (κ1) is 16.9. The minimum atomic E-state index is 0.0216. The Morgan fingerprint density at radius 2 is 2.21 bits per heavy atom. The number of fused-ring (bicyclic) bond motifs is 3. The Bertz CT molecular complexity index is 1020. The van der Waals surface area contributed by atoms with Crippen LogP contribution >= 0.6 is 0 Å². The molecule has 8 heteroatoms. The second-order valence-electron chi connectivity index (χ2n) is 7.43. The Morgan fingerprint density at radius 3 is 3.07 bits per heavy atom. The summed E-state index contributed by atoms with van der Waals surface area (Å²) in [7, 11) is 0. The molecule has 0 aliphatic carbocycles. The number of pyridine rings is 1. The fourth-order valence-electron chi connectivity index (χ4n) is 4.25. The molecule has 1 fully saturated rings. The first-order valence-corrected chi connectivity index (χ1v) is 9.55. The van der Waals surface area contributed by atoms with E-state index in [9.17, 15) is 4.79 Å². The van der Waals surface area contributed by atoms with E-state index in [0.29, 0.717) is 30.5 Å². The number of amides is 1. The van der Waals surface area contributed by atoms with Gasteiger partial charge in [-0.15, -0.1) is 10.2 Å². The zero-order chi connectivity index (χ0) is 19.1. The van der Waals surface area contributed by atoms with Crippen LogP contribution in [0.3, 0.4) is 0 Å². The lowest BCUT2D eigenvalue weighted by atomic mass is 10.0. The number of anilines is 1. The van der Waals surface area contributed by atoms with Crippen molar-refractivity contribution in [2.24, 2.45) is 0 Å². The van der Waals surface area contributed by atoms with E-state index in [1.54, 1.807) is 0 Å². The van der Waals surface area contributed by atoms with Crippen LogP contribution in [0.15, 0.2) is 36.5 Å². The topological polar surface area (TPSA) is 90.9 Å². The van der Waals surface area contributed by atoms with E-state index in [0.717, 1.165) is 41.9 Å². The number of aryl methyl sites for hydroxylation is 1. The smallest absolute Gasteiger partial charge is 0.254 e. The lowest BCUT2D eigenvalue weighted by Crippen LogP contribution is -2.40. The maximum atomic E-state index is 13.4. The van der Waals surface area contributed by atoms with Gasteiger partial charge < -0.3 is 9.80 Å². The summed E-state index contributed by atoms with van der Waals surface area (Å²) < 4.78 is 0. The molecule has 0 radical (unpaired) electrons. The first-order chi connectivity index (χ1) is 13.7. The van der Waals surface area contributed by atoms with Gasteiger partial charge in [-0.25, -0.2) is 4.98 Å². The summed E-state index contributed by atoms with van der Waals surface area (Å²) in [4.78, 5) is 22.3. The molecule has 28 heavy (non-hydrogen) atoms. The molecule has 1 N–H and O–H groups in total. The number of tetrazole rings is 1. The number of H-pyrrole nitrogens is 1. The Kier molecular flexibility index (Phi) is 4.03. The van der Waals surface area contributed by atoms with Crippen LogP contribution in [-0.2, 0) is 6.54 Å². The molecule has 1 atom stereocenters. The van der Waals surface area contributed by atoms with Crippen molar-refractivity contribution in [2.75, 3.05) is 18.0 Å². The predicted molar refractivity (Wildman–Crippen MR) is 104 cm³/mol. The van der Waals surface area contributed by atoms with Crippen molar-refractivity contribution in [3.8, 4) is 11.4 Å². The number of hydrogen-bond donors (Lipinski definition) is 1. The molecule has 0 bridgehead atoms. The number of aromatic nitrogens is 5. The van der Waals surface area contributed by atoms with Crippen molar-refractivity contribution >= 4 is 11.7 Å². The molecule has 4 heterocycles. The van der Waals surface area contributed by atoms with Gasteiger partial charge in [0.15, 0.2) is 0 Å². The number of benzene rings is 1. The zero-order valence-corrected chi connectivity index (χ0v) is 15.7. The molecule has 2 aliphatic heterocycles. The number of carbonyl (C=O) groups excluding carboxylic acids is 1. The van der Waals surface area contributed by atoms with Gasteiger partial charge >= 0.3 is 0 Å². The minimum absolute atomic E-state index is 0.0216. The summed E-state index contributed by atoms with van der Waals surface area (Å²) in [6, 6.07) is 10.0. The number of nitrogens with zero attached hydrogens (tertiary/aromatic N) is 6. The number of nitrogens with one attached hydrogen (secondary N) is 1. The summed E-state index contributed by atoms with van der Waals surface area (Å²) in [5.41, 5.74) is 3.57. The maximum Gasteiger partial charge on any atom is 0.254 e. The molecule has 0 unspecified atom stereocenters. The molecule has 0 saturated carbocycles. The van der Waals surface area contributed by atoms with Crippen molar-refractivity contribution < 1.29 is 4.79 Å². The molecular weight excluding hydrogens is 354 g/mol.